The van der Waals surface area contributed by atoms with Crippen LogP contribution in [0.5, 0.6) is 0 Å². The van der Waals surface area contributed by atoms with E-state index in [0.717, 1.165) is 17.9 Å². The standard InChI is InChI=1S/C14H21NO2S/c1-3-11(4-2)12(8-9-14(16)17)18-13-7-5-6-10-15-13/h5-7,10-12H,3-4,8-9H2,1-2H3,(H,16,17). The highest BCUT2D eigenvalue weighted by atomic mass is 32.2. The summed E-state index contributed by atoms with van der Waals surface area (Å²) in [5.74, 6) is -0.163. The van der Waals surface area contributed by atoms with Gasteiger partial charge in [0.15, 0.2) is 0 Å². The molecule has 1 unspecified atom stereocenters. The van der Waals surface area contributed by atoms with Gasteiger partial charge in [-0.15, -0.1) is 11.8 Å². The van der Waals surface area contributed by atoms with Crippen LogP contribution in [0.2, 0.25) is 0 Å². The molecule has 0 aliphatic rings. The predicted molar refractivity (Wildman–Crippen MR) is 74.8 cm³/mol. The summed E-state index contributed by atoms with van der Waals surface area (Å²) in [5.41, 5.74) is 0. The third-order valence-corrected chi connectivity index (χ3v) is 4.53. The summed E-state index contributed by atoms with van der Waals surface area (Å²) >= 11 is 1.71. The van der Waals surface area contributed by atoms with Crippen LogP contribution >= 0.6 is 11.8 Å². The topological polar surface area (TPSA) is 50.2 Å². The first-order valence-electron chi connectivity index (χ1n) is 6.46. The minimum atomic E-state index is -0.715. The molecule has 0 amide bonds. The molecule has 18 heavy (non-hydrogen) atoms. The monoisotopic (exact) mass is 267 g/mol. The first-order valence-corrected chi connectivity index (χ1v) is 7.34. The van der Waals surface area contributed by atoms with Crippen molar-refractivity contribution in [2.45, 2.75) is 49.8 Å². The number of hydrogen-bond donors (Lipinski definition) is 1. The summed E-state index contributed by atoms with van der Waals surface area (Å²) in [4.78, 5) is 15.0. The molecule has 0 aliphatic carbocycles. The summed E-state index contributed by atoms with van der Waals surface area (Å²) in [5, 5.41) is 10.2. The van der Waals surface area contributed by atoms with Gasteiger partial charge < -0.3 is 5.11 Å². The van der Waals surface area contributed by atoms with Crippen molar-refractivity contribution in [2.24, 2.45) is 5.92 Å². The van der Waals surface area contributed by atoms with E-state index in [9.17, 15) is 4.79 Å². The third-order valence-electron chi connectivity index (χ3n) is 3.13. The zero-order valence-corrected chi connectivity index (χ0v) is 11.8. The lowest BCUT2D eigenvalue weighted by Gasteiger charge is -2.23. The van der Waals surface area contributed by atoms with Crippen LogP contribution in [-0.4, -0.2) is 21.3 Å². The number of pyridine rings is 1. The number of thioether (sulfide) groups is 1. The molecule has 3 nitrogen and oxygen atoms in total. The van der Waals surface area contributed by atoms with Gasteiger partial charge in [0.05, 0.1) is 5.03 Å². The fraction of sp³-hybridized carbons (Fsp3) is 0.571. The molecule has 0 saturated heterocycles. The van der Waals surface area contributed by atoms with Gasteiger partial charge in [0, 0.05) is 17.9 Å². The van der Waals surface area contributed by atoms with Crippen LogP contribution in [0.3, 0.4) is 0 Å². The van der Waals surface area contributed by atoms with Crippen molar-refractivity contribution in [3.8, 4) is 0 Å². The molecule has 4 heteroatoms. The van der Waals surface area contributed by atoms with Crippen molar-refractivity contribution in [1.82, 2.24) is 4.98 Å². The molecular formula is C14H21NO2S. The molecule has 0 radical (unpaired) electrons. The number of carbonyl (C=O) groups is 1. The molecule has 0 spiro atoms. The van der Waals surface area contributed by atoms with Crippen molar-refractivity contribution in [1.29, 1.82) is 0 Å². The van der Waals surface area contributed by atoms with Gasteiger partial charge in [-0.25, -0.2) is 4.98 Å². The van der Waals surface area contributed by atoms with Crippen LogP contribution in [0.4, 0.5) is 0 Å². The summed E-state index contributed by atoms with van der Waals surface area (Å²) in [7, 11) is 0. The molecule has 0 bridgehead atoms. The van der Waals surface area contributed by atoms with E-state index < -0.39 is 5.97 Å². The quantitative estimate of drug-likeness (QED) is 0.727. The fourth-order valence-corrected chi connectivity index (χ4v) is 3.45. The molecule has 0 aliphatic heterocycles. The van der Waals surface area contributed by atoms with E-state index in [0.29, 0.717) is 17.6 Å². The van der Waals surface area contributed by atoms with E-state index in [4.69, 9.17) is 5.11 Å². The minimum Gasteiger partial charge on any atom is -0.481 e. The van der Waals surface area contributed by atoms with E-state index in [1.54, 1.807) is 18.0 Å². The molecule has 1 atom stereocenters. The third kappa shape index (κ3) is 5.08. The zero-order valence-electron chi connectivity index (χ0n) is 11.0. The van der Waals surface area contributed by atoms with Gasteiger partial charge in [0.2, 0.25) is 0 Å². The summed E-state index contributed by atoms with van der Waals surface area (Å²) in [6.45, 7) is 4.34. The van der Waals surface area contributed by atoms with E-state index in [1.807, 2.05) is 18.2 Å². The van der Waals surface area contributed by atoms with Gasteiger partial charge in [0.1, 0.15) is 0 Å². The Bertz CT molecular complexity index is 352. The lowest BCUT2D eigenvalue weighted by molar-refractivity contribution is -0.137. The first-order chi connectivity index (χ1) is 8.67. The molecule has 1 heterocycles. The Morgan fingerprint density at radius 1 is 1.39 bits per heavy atom. The Kier molecular flexibility index (Phi) is 6.80. The second-order valence-corrected chi connectivity index (χ2v) is 5.59. The lowest BCUT2D eigenvalue weighted by Crippen LogP contribution is -2.17. The van der Waals surface area contributed by atoms with E-state index in [-0.39, 0.29) is 6.42 Å². The highest BCUT2D eigenvalue weighted by Gasteiger charge is 2.21. The highest BCUT2D eigenvalue weighted by molar-refractivity contribution is 7.99. The Hall–Kier alpha value is -1.03. The second kappa shape index (κ2) is 8.14. The number of nitrogens with zero attached hydrogens (tertiary/aromatic N) is 1. The van der Waals surface area contributed by atoms with Crippen molar-refractivity contribution in [2.75, 3.05) is 0 Å². The Morgan fingerprint density at radius 3 is 2.61 bits per heavy atom. The maximum absolute atomic E-state index is 10.7. The molecule has 1 aromatic rings. The number of carboxylic acids is 1. The van der Waals surface area contributed by atoms with Crippen LogP contribution in [-0.2, 0) is 4.79 Å². The average Bonchev–Trinajstić information content (AvgIpc) is 2.38. The van der Waals surface area contributed by atoms with Crippen LogP contribution in [0.25, 0.3) is 0 Å². The van der Waals surface area contributed by atoms with Gasteiger partial charge >= 0.3 is 5.97 Å². The minimum absolute atomic E-state index is 0.237. The summed E-state index contributed by atoms with van der Waals surface area (Å²) < 4.78 is 0. The Labute approximate surface area is 113 Å². The second-order valence-electron chi connectivity index (χ2n) is 4.33. The fourth-order valence-electron chi connectivity index (χ4n) is 2.04. The SMILES string of the molecule is CCC(CC)C(CCC(=O)O)Sc1ccccn1. The smallest absolute Gasteiger partial charge is 0.303 e. The van der Waals surface area contributed by atoms with Gasteiger partial charge in [-0.05, 0) is 24.5 Å². The van der Waals surface area contributed by atoms with Crippen LogP contribution in [0, 0.1) is 5.92 Å². The number of aromatic nitrogens is 1. The van der Waals surface area contributed by atoms with Crippen molar-refractivity contribution in [3.05, 3.63) is 24.4 Å². The van der Waals surface area contributed by atoms with Crippen LogP contribution in [0.1, 0.15) is 39.5 Å². The van der Waals surface area contributed by atoms with Crippen molar-refractivity contribution in [3.63, 3.8) is 0 Å². The molecule has 0 aromatic carbocycles. The van der Waals surface area contributed by atoms with E-state index in [2.05, 4.69) is 18.8 Å². The normalized spacial score (nSPS) is 12.6. The number of rotatable bonds is 8. The zero-order chi connectivity index (χ0) is 13.4. The molecular weight excluding hydrogens is 246 g/mol. The van der Waals surface area contributed by atoms with Gasteiger partial charge in [-0.3, -0.25) is 4.79 Å². The number of carboxylic acid groups (broad SMARTS) is 1. The summed E-state index contributed by atoms with van der Waals surface area (Å²) in [6, 6.07) is 5.85. The molecule has 1 rings (SSSR count). The van der Waals surface area contributed by atoms with Gasteiger partial charge in [-0.1, -0.05) is 32.8 Å². The number of hydrogen-bond acceptors (Lipinski definition) is 3. The maximum atomic E-state index is 10.7. The Balaban J connectivity index is 2.67. The molecule has 0 saturated carbocycles. The average molecular weight is 267 g/mol. The van der Waals surface area contributed by atoms with E-state index in [1.165, 1.54) is 0 Å². The van der Waals surface area contributed by atoms with Crippen molar-refractivity contribution >= 4 is 17.7 Å². The molecule has 100 valence electrons. The van der Waals surface area contributed by atoms with Gasteiger partial charge in [0.25, 0.3) is 0 Å². The predicted octanol–water partition coefficient (Wildman–Crippen LogP) is 3.84. The summed E-state index contributed by atoms with van der Waals surface area (Å²) in [6.07, 6.45) is 4.90. The van der Waals surface area contributed by atoms with Gasteiger partial charge in [-0.2, -0.15) is 0 Å². The van der Waals surface area contributed by atoms with E-state index >= 15 is 0 Å². The van der Waals surface area contributed by atoms with Crippen molar-refractivity contribution < 1.29 is 9.90 Å². The maximum Gasteiger partial charge on any atom is 0.303 e. The highest BCUT2D eigenvalue weighted by Crippen LogP contribution is 2.33. The first kappa shape index (κ1) is 15.0. The largest absolute Gasteiger partial charge is 0.481 e. The number of aliphatic carboxylic acids is 1. The molecule has 0 fully saturated rings. The molecule has 1 aromatic heterocycles. The van der Waals surface area contributed by atoms with Crippen LogP contribution in [0.15, 0.2) is 29.4 Å². The van der Waals surface area contributed by atoms with Crippen LogP contribution < -0.4 is 0 Å². The molecule has 1 N–H and O–H groups in total. The Morgan fingerprint density at radius 2 is 2.11 bits per heavy atom. The lowest BCUT2D eigenvalue weighted by atomic mass is 9.96.